The summed E-state index contributed by atoms with van der Waals surface area (Å²) in [5.74, 6) is -0.118. The number of carbonyl (C=O) groups excluding carboxylic acids is 1. The third-order valence-corrected chi connectivity index (χ3v) is 5.70. The van der Waals surface area contributed by atoms with Crippen LogP contribution in [0.3, 0.4) is 0 Å². The van der Waals surface area contributed by atoms with Gasteiger partial charge in [-0.05, 0) is 50.2 Å². The molecule has 156 valence electrons. The first-order valence-electron chi connectivity index (χ1n) is 10.5. The van der Waals surface area contributed by atoms with E-state index in [1.54, 1.807) is 12.5 Å². The van der Waals surface area contributed by atoms with Gasteiger partial charge in [-0.15, -0.1) is 0 Å². The van der Waals surface area contributed by atoms with Crippen molar-refractivity contribution in [3.63, 3.8) is 0 Å². The second-order valence-corrected chi connectivity index (χ2v) is 8.04. The second kappa shape index (κ2) is 9.24. The summed E-state index contributed by atoms with van der Waals surface area (Å²) in [7, 11) is 2.18. The standard InChI is InChI=1S/C24H29N5O/c1-19-3-8-23(29-12-10-25-18-29)22(17-19)24(30)26-21-6-4-20(5-7-21)9-11-28-15-13-27(2)14-16-28/h3-8,10,12,17-18H,9,11,13-16H2,1-2H3,(H,26,30). The highest BCUT2D eigenvalue weighted by atomic mass is 16.1. The molecule has 0 aliphatic carbocycles. The number of piperazine rings is 1. The number of rotatable bonds is 6. The number of anilines is 1. The summed E-state index contributed by atoms with van der Waals surface area (Å²) >= 11 is 0. The quantitative estimate of drug-likeness (QED) is 0.687. The molecule has 0 bridgehead atoms. The van der Waals surface area contributed by atoms with Crippen LogP contribution in [0.25, 0.3) is 5.69 Å². The molecule has 2 heterocycles. The lowest BCUT2D eigenvalue weighted by atomic mass is 10.1. The molecule has 4 rings (SSSR count). The van der Waals surface area contributed by atoms with Crippen LogP contribution < -0.4 is 5.32 Å². The number of amides is 1. The highest BCUT2D eigenvalue weighted by Gasteiger charge is 2.15. The molecule has 30 heavy (non-hydrogen) atoms. The Morgan fingerprint density at radius 3 is 2.53 bits per heavy atom. The molecule has 1 aromatic heterocycles. The fourth-order valence-electron chi connectivity index (χ4n) is 3.77. The highest BCUT2D eigenvalue weighted by Crippen LogP contribution is 2.19. The smallest absolute Gasteiger partial charge is 0.257 e. The van der Waals surface area contributed by atoms with E-state index in [-0.39, 0.29) is 5.91 Å². The predicted molar refractivity (Wildman–Crippen MR) is 120 cm³/mol. The Morgan fingerprint density at radius 1 is 1.07 bits per heavy atom. The van der Waals surface area contributed by atoms with Gasteiger partial charge in [0.1, 0.15) is 0 Å². The van der Waals surface area contributed by atoms with Crippen LogP contribution in [0, 0.1) is 6.92 Å². The molecule has 0 saturated carbocycles. The minimum Gasteiger partial charge on any atom is -0.322 e. The number of aromatic nitrogens is 2. The Bertz CT molecular complexity index is 973. The summed E-state index contributed by atoms with van der Waals surface area (Å²) < 4.78 is 1.86. The van der Waals surface area contributed by atoms with Gasteiger partial charge in [-0.2, -0.15) is 0 Å². The van der Waals surface area contributed by atoms with Crippen molar-refractivity contribution < 1.29 is 4.79 Å². The molecule has 0 unspecified atom stereocenters. The molecule has 1 amide bonds. The van der Waals surface area contributed by atoms with Crippen molar-refractivity contribution in [2.75, 3.05) is 45.1 Å². The van der Waals surface area contributed by atoms with Crippen molar-refractivity contribution in [3.05, 3.63) is 77.9 Å². The van der Waals surface area contributed by atoms with Crippen LogP contribution in [0.15, 0.2) is 61.2 Å². The first kappa shape index (κ1) is 20.3. The first-order chi connectivity index (χ1) is 14.6. The monoisotopic (exact) mass is 403 g/mol. The third-order valence-electron chi connectivity index (χ3n) is 5.70. The SMILES string of the molecule is Cc1ccc(-n2ccnc2)c(C(=O)Nc2ccc(CCN3CCN(C)CC3)cc2)c1. The van der Waals surface area contributed by atoms with Gasteiger partial charge in [0.2, 0.25) is 0 Å². The summed E-state index contributed by atoms with van der Waals surface area (Å²) in [6, 6.07) is 14.1. The Labute approximate surface area is 178 Å². The van der Waals surface area contributed by atoms with Crippen LogP contribution in [0.4, 0.5) is 5.69 Å². The number of imidazole rings is 1. The zero-order valence-electron chi connectivity index (χ0n) is 17.7. The molecule has 1 fully saturated rings. The number of likely N-dealkylation sites (N-methyl/N-ethyl adjacent to an activating group) is 1. The predicted octanol–water partition coefficient (Wildman–Crippen LogP) is 3.22. The van der Waals surface area contributed by atoms with Crippen molar-refractivity contribution in [1.82, 2.24) is 19.4 Å². The zero-order valence-corrected chi connectivity index (χ0v) is 17.7. The maximum atomic E-state index is 13.0. The van der Waals surface area contributed by atoms with Gasteiger partial charge in [-0.1, -0.05) is 23.8 Å². The molecule has 6 heteroatoms. The number of nitrogens with one attached hydrogen (secondary N) is 1. The number of hydrogen-bond donors (Lipinski definition) is 1. The van der Waals surface area contributed by atoms with E-state index in [9.17, 15) is 4.79 Å². The van der Waals surface area contributed by atoms with Gasteiger partial charge in [0.15, 0.2) is 0 Å². The lowest BCUT2D eigenvalue weighted by Gasteiger charge is -2.32. The lowest BCUT2D eigenvalue weighted by molar-refractivity contribution is 0.102. The van der Waals surface area contributed by atoms with Crippen LogP contribution in [-0.4, -0.2) is 65.0 Å². The number of nitrogens with zero attached hydrogens (tertiary/aromatic N) is 4. The summed E-state index contributed by atoms with van der Waals surface area (Å²) in [6.45, 7) is 7.64. The summed E-state index contributed by atoms with van der Waals surface area (Å²) in [6.07, 6.45) is 6.29. The van der Waals surface area contributed by atoms with Gasteiger partial charge in [0.05, 0.1) is 17.6 Å². The molecule has 3 aromatic rings. The molecule has 6 nitrogen and oxygen atoms in total. The van der Waals surface area contributed by atoms with Crippen LogP contribution in [0.1, 0.15) is 21.5 Å². The maximum Gasteiger partial charge on any atom is 0.257 e. The van der Waals surface area contributed by atoms with E-state index in [0.29, 0.717) is 5.56 Å². The van der Waals surface area contributed by atoms with Gasteiger partial charge in [0, 0.05) is 50.8 Å². The van der Waals surface area contributed by atoms with Gasteiger partial charge in [0.25, 0.3) is 5.91 Å². The van der Waals surface area contributed by atoms with Crippen LogP contribution in [0.5, 0.6) is 0 Å². The molecule has 0 spiro atoms. The molecule has 1 aliphatic rings. The molecule has 1 N–H and O–H groups in total. The topological polar surface area (TPSA) is 53.4 Å². The van der Waals surface area contributed by atoms with E-state index in [1.807, 2.05) is 48.0 Å². The van der Waals surface area contributed by atoms with Crippen LogP contribution in [0.2, 0.25) is 0 Å². The Hall–Kier alpha value is -2.96. The molecular formula is C24H29N5O. The molecule has 1 saturated heterocycles. The van der Waals surface area contributed by atoms with Crippen molar-refractivity contribution >= 4 is 11.6 Å². The number of hydrogen-bond acceptors (Lipinski definition) is 4. The van der Waals surface area contributed by atoms with Crippen molar-refractivity contribution in [1.29, 1.82) is 0 Å². The fraction of sp³-hybridized carbons (Fsp3) is 0.333. The van der Waals surface area contributed by atoms with Crippen LogP contribution in [-0.2, 0) is 6.42 Å². The van der Waals surface area contributed by atoms with Crippen LogP contribution >= 0.6 is 0 Å². The largest absolute Gasteiger partial charge is 0.322 e. The van der Waals surface area contributed by atoms with Gasteiger partial charge in [-0.3, -0.25) is 4.79 Å². The Balaban J connectivity index is 1.39. The van der Waals surface area contributed by atoms with E-state index < -0.39 is 0 Å². The maximum absolute atomic E-state index is 13.0. The third kappa shape index (κ3) is 4.96. The number of aryl methyl sites for hydroxylation is 1. The Kier molecular flexibility index (Phi) is 6.26. The average Bonchev–Trinajstić information content (AvgIpc) is 3.29. The lowest BCUT2D eigenvalue weighted by Crippen LogP contribution is -2.45. The summed E-state index contributed by atoms with van der Waals surface area (Å²) in [5.41, 5.74) is 4.60. The fourth-order valence-corrected chi connectivity index (χ4v) is 3.77. The first-order valence-corrected chi connectivity index (χ1v) is 10.5. The molecule has 0 radical (unpaired) electrons. The van der Waals surface area contributed by atoms with Gasteiger partial charge < -0.3 is 19.7 Å². The summed E-state index contributed by atoms with van der Waals surface area (Å²) in [4.78, 5) is 22.0. The van der Waals surface area contributed by atoms with E-state index in [0.717, 1.165) is 56.1 Å². The van der Waals surface area contributed by atoms with Crippen molar-refractivity contribution in [2.45, 2.75) is 13.3 Å². The van der Waals surface area contributed by atoms with Crippen molar-refractivity contribution in [3.8, 4) is 5.69 Å². The molecule has 0 atom stereocenters. The van der Waals surface area contributed by atoms with Gasteiger partial charge in [-0.25, -0.2) is 4.98 Å². The summed E-state index contributed by atoms with van der Waals surface area (Å²) in [5, 5.41) is 3.04. The van der Waals surface area contributed by atoms with E-state index in [2.05, 4.69) is 39.3 Å². The Morgan fingerprint density at radius 2 is 1.83 bits per heavy atom. The van der Waals surface area contributed by atoms with E-state index in [4.69, 9.17) is 0 Å². The number of carbonyl (C=O) groups is 1. The minimum atomic E-state index is -0.118. The zero-order chi connectivity index (χ0) is 20.9. The van der Waals surface area contributed by atoms with Crippen molar-refractivity contribution in [2.24, 2.45) is 0 Å². The normalized spacial score (nSPS) is 15.3. The van der Waals surface area contributed by atoms with E-state index in [1.165, 1.54) is 5.56 Å². The minimum absolute atomic E-state index is 0.118. The molecular weight excluding hydrogens is 374 g/mol. The molecule has 1 aliphatic heterocycles. The number of benzene rings is 2. The second-order valence-electron chi connectivity index (χ2n) is 8.04. The molecule has 2 aromatic carbocycles. The average molecular weight is 404 g/mol. The van der Waals surface area contributed by atoms with E-state index >= 15 is 0 Å². The van der Waals surface area contributed by atoms with Gasteiger partial charge >= 0.3 is 0 Å². The highest BCUT2D eigenvalue weighted by molar-refractivity contribution is 6.06.